The summed E-state index contributed by atoms with van der Waals surface area (Å²) in [4.78, 5) is 11.6. The molecule has 84 valence electrons. The molecule has 0 bridgehead atoms. The maximum absolute atomic E-state index is 13.6. The van der Waals surface area contributed by atoms with Gasteiger partial charge in [-0.15, -0.1) is 6.42 Å². The molecule has 0 saturated carbocycles. The van der Waals surface area contributed by atoms with Gasteiger partial charge in [-0.05, 0) is 12.1 Å². The van der Waals surface area contributed by atoms with Crippen LogP contribution < -0.4 is 10.1 Å². The lowest BCUT2D eigenvalue weighted by Gasteiger charge is -2.06. The van der Waals surface area contributed by atoms with E-state index in [0.717, 1.165) is 0 Å². The molecular formula is C12H12FNO2. The monoisotopic (exact) mass is 221 g/mol. The number of carbonyl (C=O) groups is 1. The minimum absolute atomic E-state index is 0.00358. The Morgan fingerprint density at radius 1 is 1.62 bits per heavy atom. The van der Waals surface area contributed by atoms with Crippen LogP contribution >= 0.6 is 0 Å². The molecule has 1 N–H and O–H groups in total. The number of nitrogens with one attached hydrogen (secondary N) is 1. The van der Waals surface area contributed by atoms with Gasteiger partial charge in [-0.3, -0.25) is 10.1 Å². The topological polar surface area (TPSA) is 38.3 Å². The molecule has 0 aromatic heterocycles. The smallest absolute Gasteiger partial charge is 0.179 e. The zero-order valence-electron chi connectivity index (χ0n) is 8.92. The SMILES string of the molecule is C#CCNCC(=O)c1cccc(OC)c1F. The lowest BCUT2D eigenvalue weighted by Crippen LogP contribution is -2.24. The summed E-state index contributed by atoms with van der Waals surface area (Å²) in [6.45, 7) is 0.283. The first kappa shape index (κ1) is 12.2. The van der Waals surface area contributed by atoms with Crippen molar-refractivity contribution in [3.63, 3.8) is 0 Å². The Bertz CT molecular complexity index is 424. The lowest BCUT2D eigenvalue weighted by molar-refractivity contribution is 0.0988. The van der Waals surface area contributed by atoms with E-state index in [4.69, 9.17) is 11.2 Å². The molecule has 1 aromatic carbocycles. The van der Waals surface area contributed by atoms with E-state index in [1.54, 1.807) is 6.07 Å². The molecule has 0 saturated heterocycles. The summed E-state index contributed by atoms with van der Waals surface area (Å²) >= 11 is 0. The molecule has 16 heavy (non-hydrogen) atoms. The highest BCUT2D eigenvalue weighted by Gasteiger charge is 2.14. The van der Waals surface area contributed by atoms with E-state index in [9.17, 15) is 9.18 Å². The van der Waals surface area contributed by atoms with Crippen LogP contribution in [-0.4, -0.2) is 26.0 Å². The van der Waals surface area contributed by atoms with Crippen molar-refractivity contribution in [3.05, 3.63) is 29.6 Å². The number of rotatable bonds is 5. The molecule has 0 aliphatic rings. The highest BCUT2D eigenvalue weighted by Crippen LogP contribution is 2.19. The molecule has 0 heterocycles. The molecule has 4 heteroatoms. The molecule has 3 nitrogen and oxygen atoms in total. The van der Waals surface area contributed by atoms with E-state index in [-0.39, 0.29) is 30.2 Å². The maximum Gasteiger partial charge on any atom is 0.179 e. The van der Waals surface area contributed by atoms with Crippen LogP contribution in [0.3, 0.4) is 0 Å². The van der Waals surface area contributed by atoms with Gasteiger partial charge in [-0.2, -0.15) is 0 Å². The Morgan fingerprint density at radius 2 is 2.38 bits per heavy atom. The Morgan fingerprint density at radius 3 is 3.00 bits per heavy atom. The van der Waals surface area contributed by atoms with Gasteiger partial charge in [0.2, 0.25) is 0 Å². The van der Waals surface area contributed by atoms with Gasteiger partial charge >= 0.3 is 0 Å². The molecule has 0 atom stereocenters. The van der Waals surface area contributed by atoms with E-state index >= 15 is 0 Å². The van der Waals surface area contributed by atoms with Crippen LogP contribution in [0.15, 0.2) is 18.2 Å². The second-order valence-electron chi connectivity index (χ2n) is 3.05. The fourth-order valence-electron chi connectivity index (χ4n) is 1.23. The Labute approximate surface area is 93.6 Å². The maximum atomic E-state index is 13.6. The third-order valence-electron chi connectivity index (χ3n) is 2.00. The predicted molar refractivity (Wildman–Crippen MR) is 59.0 cm³/mol. The number of methoxy groups -OCH3 is 1. The van der Waals surface area contributed by atoms with Crippen LogP contribution in [0.2, 0.25) is 0 Å². The van der Waals surface area contributed by atoms with Gasteiger partial charge in [0.25, 0.3) is 0 Å². The van der Waals surface area contributed by atoms with Crippen molar-refractivity contribution in [1.29, 1.82) is 0 Å². The summed E-state index contributed by atoms with van der Waals surface area (Å²) in [5, 5.41) is 2.70. The zero-order chi connectivity index (χ0) is 12.0. The van der Waals surface area contributed by atoms with E-state index in [2.05, 4.69) is 11.2 Å². The molecule has 1 rings (SSSR count). The van der Waals surface area contributed by atoms with Crippen molar-refractivity contribution in [1.82, 2.24) is 5.32 Å². The second-order valence-corrected chi connectivity index (χ2v) is 3.05. The first-order valence-electron chi connectivity index (χ1n) is 4.70. The quantitative estimate of drug-likeness (QED) is 0.462. The van der Waals surface area contributed by atoms with Gasteiger partial charge in [-0.25, -0.2) is 4.39 Å². The summed E-state index contributed by atoms with van der Waals surface area (Å²) < 4.78 is 18.4. The number of ketones is 1. The zero-order valence-corrected chi connectivity index (χ0v) is 8.92. The molecule has 0 aliphatic carbocycles. The molecule has 0 unspecified atom stereocenters. The van der Waals surface area contributed by atoms with Crippen LogP contribution in [0.1, 0.15) is 10.4 Å². The number of hydrogen-bond donors (Lipinski definition) is 1. The first-order chi connectivity index (χ1) is 7.70. The largest absolute Gasteiger partial charge is 0.494 e. The Kier molecular flexibility index (Phi) is 4.49. The van der Waals surface area contributed by atoms with Crippen molar-refractivity contribution in [3.8, 4) is 18.1 Å². The predicted octanol–water partition coefficient (Wildman–Crippen LogP) is 1.24. The van der Waals surface area contributed by atoms with Crippen molar-refractivity contribution in [2.75, 3.05) is 20.2 Å². The summed E-state index contributed by atoms with van der Waals surface area (Å²) in [5.74, 6) is 1.39. The highest BCUT2D eigenvalue weighted by atomic mass is 19.1. The molecule has 0 fully saturated rings. The minimum atomic E-state index is -0.641. The normalized spacial score (nSPS) is 9.56. The summed E-state index contributed by atoms with van der Waals surface area (Å²) in [7, 11) is 1.35. The summed E-state index contributed by atoms with van der Waals surface area (Å²) in [5.41, 5.74) is 0.00358. The van der Waals surface area contributed by atoms with Crippen molar-refractivity contribution in [2.45, 2.75) is 0 Å². The Hall–Kier alpha value is -1.86. The average molecular weight is 221 g/mol. The third kappa shape index (κ3) is 2.81. The van der Waals surface area contributed by atoms with Gasteiger partial charge in [-0.1, -0.05) is 12.0 Å². The van der Waals surface area contributed by atoms with Crippen molar-refractivity contribution >= 4 is 5.78 Å². The number of halogens is 1. The molecule has 0 spiro atoms. The lowest BCUT2D eigenvalue weighted by atomic mass is 10.1. The number of hydrogen-bond acceptors (Lipinski definition) is 3. The molecule has 0 radical (unpaired) electrons. The minimum Gasteiger partial charge on any atom is -0.494 e. The van der Waals surface area contributed by atoms with Crippen LogP contribution in [0.5, 0.6) is 5.75 Å². The van der Waals surface area contributed by atoms with E-state index in [1.807, 2.05) is 0 Å². The average Bonchev–Trinajstić information content (AvgIpc) is 2.29. The molecule has 0 aliphatic heterocycles. The number of carbonyl (C=O) groups excluding carboxylic acids is 1. The fraction of sp³-hybridized carbons (Fsp3) is 0.250. The van der Waals surface area contributed by atoms with E-state index < -0.39 is 5.82 Å². The number of benzene rings is 1. The fourth-order valence-corrected chi connectivity index (χ4v) is 1.23. The third-order valence-corrected chi connectivity index (χ3v) is 2.00. The standard InChI is InChI=1S/C12H12FNO2/c1-3-7-14-8-10(15)9-5-4-6-11(16-2)12(9)13/h1,4-6,14H,7-8H2,2H3. The van der Waals surface area contributed by atoms with Crippen LogP contribution in [0, 0.1) is 18.2 Å². The summed E-state index contributed by atoms with van der Waals surface area (Å²) in [6.07, 6.45) is 5.01. The van der Waals surface area contributed by atoms with Gasteiger partial charge in [0.1, 0.15) is 0 Å². The van der Waals surface area contributed by atoms with Crippen LogP contribution in [0.25, 0.3) is 0 Å². The van der Waals surface area contributed by atoms with Crippen molar-refractivity contribution in [2.24, 2.45) is 0 Å². The first-order valence-corrected chi connectivity index (χ1v) is 4.70. The highest BCUT2D eigenvalue weighted by molar-refractivity contribution is 5.98. The number of ether oxygens (including phenoxy) is 1. The number of Topliss-reactive ketones (excluding diaryl/α,β-unsaturated/α-hetero) is 1. The molecule has 0 amide bonds. The van der Waals surface area contributed by atoms with Gasteiger partial charge in [0.05, 0.1) is 25.8 Å². The van der Waals surface area contributed by atoms with Gasteiger partial charge in [0, 0.05) is 0 Å². The second kappa shape index (κ2) is 5.89. The van der Waals surface area contributed by atoms with E-state index in [0.29, 0.717) is 0 Å². The Balaban J connectivity index is 2.80. The van der Waals surface area contributed by atoms with Crippen LogP contribution in [-0.2, 0) is 0 Å². The van der Waals surface area contributed by atoms with Crippen molar-refractivity contribution < 1.29 is 13.9 Å². The van der Waals surface area contributed by atoms with Gasteiger partial charge in [0.15, 0.2) is 17.3 Å². The summed E-state index contributed by atoms with van der Waals surface area (Å²) in [6, 6.07) is 4.44. The molecule has 1 aromatic rings. The molecular weight excluding hydrogens is 209 g/mol. The van der Waals surface area contributed by atoms with E-state index in [1.165, 1.54) is 19.2 Å². The van der Waals surface area contributed by atoms with Gasteiger partial charge < -0.3 is 4.74 Å². The van der Waals surface area contributed by atoms with Crippen LogP contribution in [0.4, 0.5) is 4.39 Å². The number of terminal acetylenes is 1.